The van der Waals surface area contributed by atoms with Gasteiger partial charge in [0.2, 0.25) is 0 Å². The molecule has 0 spiro atoms. The first-order valence-corrected chi connectivity index (χ1v) is 6.45. The van der Waals surface area contributed by atoms with Crippen LogP contribution in [-0.4, -0.2) is 48.3 Å². The molecular formula is C12H19F3N2O2. The van der Waals surface area contributed by atoms with Crippen molar-refractivity contribution in [2.24, 2.45) is 5.73 Å². The van der Waals surface area contributed by atoms with Crippen molar-refractivity contribution in [2.45, 2.75) is 55.9 Å². The maximum atomic E-state index is 12.6. The first-order chi connectivity index (χ1) is 8.75. The van der Waals surface area contributed by atoms with Gasteiger partial charge >= 0.3 is 12.1 Å². The van der Waals surface area contributed by atoms with Crippen LogP contribution in [0.4, 0.5) is 13.2 Å². The second kappa shape index (κ2) is 4.94. The monoisotopic (exact) mass is 280 g/mol. The van der Waals surface area contributed by atoms with E-state index >= 15 is 0 Å². The van der Waals surface area contributed by atoms with Gasteiger partial charge in [-0.3, -0.25) is 9.69 Å². The molecule has 4 nitrogen and oxygen atoms in total. The first kappa shape index (κ1) is 14.6. The Balaban J connectivity index is 2.03. The second-order valence-electron chi connectivity index (χ2n) is 5.56. The summed E-state index contributed by atoms with van der Waals surface area (Å²) >= 11 is 0. The SMILES string of the molecule is COC(=O)C1(N)CCC(N(CC(F)(F)F)C2CC2)C1. The number of alkyl halides is 3. The molecule has 19 heavy (non-hydrogen) atoms. The fourth-order valence-electron chi connectivity index (χ4n) is 2.89. The van der Waals surface area contributed by atoms with Gasteiger partial charge in [-0.2, -0.15) is 13.2 Å². The van der Waals surface area contributed by atoms with Crippen LogP contribution < -0.4 is 5.73 Å². The third kappa shape index (κ3) is 3.39. The van der Waals surface area contributed by atoms with Crippen molar-refractivity contribution in [3.8, 4) is 0 Å². The van der Waals surface area contributed by atoms with E-state index in [9.17, 15) is 18.0 Å². The highest BCUT2D eigenvalue weighted by atomic mass is 19.4. The minimum Gasteiger partial charge on any atom is -0.468 e. The molecule has 0 aromatic carbocycles. The Morgan fingerprint density at radius 3 is 2.47 bits per heavy atom. The highest BCUT2D eigenvalue weighted by Crippen LogP contribution is 2.39. The normalized spacial score (nSPS) is 31.8. The highest BCUT2D eigenvalue weighted by Gasteiger charge is 2.49. The van der Waals surface area contributed by atoms with Gasteiger partial charge < -0.3 is 10.5 Å². The zero-order valence-corrected chi connectivity index (χ0v) is 10.9. The van der Waals surface area contributed by atoms with E-state index in [1.807, 2.05) is 0 Å². The Morgan fingerprint density at radius 1 is 1.37 bits per heavy atom. The van der Waals surface area contributed by atoms with Crippen molar-refractivity contribution in [3.05, 3.63) is 0 Å². The molecule has 0 aliphatic heterocycles. The highest BCUT2D eigenvalue weighted by molar-refractivity contribution is 5.81. The summed E-state index contributed by atoms with van der Waals surface area (Å²) in [4.78, 5) is 13.1. The summed E-state index contributed by atoms with van der Waals surface area (Å²) in [6.07, 6.45) is -1.49. The molecular weight excluding hydrogens is 261 g/mol. The van der Waals surface area contributed by atoms with Crippen LogP contribution in [0.1, 0.15) is 32.1 Å². The van der Waals surface area contributed by atoms with Crippen LogP contribution in [-0.2, 0) is 9.53 Å². The van der Waals surface area contributed by atoms with Gasteiger partial charge in [-0.15, -0.1) is 0 Å². The summed E-state index contributed by atoms with van der Waals surface area (Å²) in [7, 11) is 1.25. The number of ether oxygens (including phenoxy) is 1. The molecule has 2 unspecified atom stereocenters. The van der Waals surface area contributed by atoms with E-state index in [0.29, 0.717) is 12.8 Å². The standard InChI is InChI=1S/C12H19F3N2O2/c1-19-10(18)11(16)5-4-9(6-11)17(8-2-3-8)7-12(13,14)15/h8-9H,2-7,16H2,1H3. The molecule has 2 fully saturated rings. The van der Waals surface area contributed by atoms with Gasteiger partial charge in [0.1, 0.15) is 5.54 Å². The quantitative estimate of drug-likeness (QED) is 0.792. The van der Waals surface area contributed by atoms with Crippen molar-refractivity contribution < 1.29 is 22.7 Å². The number of halogens is 3. The van der Waals surface area contributed by atoms with E-state index in [-0.39, 0.29) is 18.5 Å². The van der Waals surface area contributed by atoms with Gasteiger partial charge in [-0.25, -0.2) is 0 Å². The summed E-state index contributed by atoms with van der Waals surface area (Å²) in [5, 5.41) is 0. The zero-order valence-electron chi connectivity index (χ0n) is 10.9. The number of nitrogens with two attached hydrogens (primary N) is 1. The number of hydrogen-bond donors (Lipinski definition) is 1. The maximum absolute atomic E-state index is 12.6. The fraction of sp³-hybridized carbons (Fsp3) is 0.917. The van der Waals surface area contributed by atoms with Crippen LogP contribution in [0.25, 0.3) is 0 Å². The van der Waals surface area contributed by atoms with Crippen molar-refractivity contribution in [3.63, 3.8) is 0 Å². The van der Waals surface area contributed by atoms with E-state index in [1.165, 1.54) is 12.0 Å². The zero-order chi connectivity index (χ0) is 14.3. The number of carbonyl (C=O) groups is 1. The van der Waals surface area contributed by atoms with Crippen molar-refractivity contribution in [2.75, 3.05) is 13.7 Å². The van der Waals surface area contributed by atoms with Gasteiger partial charge in [0.15, 0.2) is 0 Å². The van der Waals surface area contributed by atoms with Crippen molar-refractivity contribution in [1.29, 1.82) is 0 Å². The van der Waals surface area contributed by atoms with Gasteiger partial charge in [0.25, 0.3) is 0 Å². The molecule has 0 radical (unpaired) electrons. The van der Waals surface area contributed by atoms with Crippen LogP contribution in [0.5, 0.6) is 0 Å². The second-order valence-corrected chi connectivity index (χ2v) is 5.56. The first-order valence-electron chi connectivity index (χ1n) is 6.45. The molecule has 2 N–H and O–H groups in total. The number of rotatable bonds is 4. The van der Waals surface area contributed by atoms with E-state index in [1.54, 1.807) is 0 Å². The summed E-state index contributed by atoms with van der Waals surface area (Å²) in [6, 6.07) is -0.287. The molecule has 0 heterocycles. The Morgan fingerprint density at radius 2 is 2.00 bits per heavy atom. The number of esters is 1. The van der Waals surface area contributed by atoms with E-state index in [4.69, 9.17) is 5.73 Å². The van der Waals surface area contributed by atoms with Crippen molar-refractivity contribution >= 4 is 5.97 Å². The Labute approximate surface area is 110 Å². The lowest BCUT2D eigenvalue weighted by molar-refractivity contribution is -0.153. The topological polar surface area (TPSA) is 55.6 Å². The Hall–Kier alpha value is -0.820. The molecule has 0 saturated heterocycles. The minimum absolute atomic E-state index is 0.00776. The Bertz CT molecular complexity index is 357. The third-order valence-electron chi connectivity index (χ3n) is 3.96. The van der Waals surface area contributed by atoms with Crippen LogP contribution >= 0.6 is 0 Å². The lowest BCUT2D eigenvalue weighted by atomic mass is 9.99. The molecule has 2 aliphatic carbocycles. The lowest BCUT2D eigenvalue weighted by Gasteiger charge is -2.30. The Kier molecular flexibility index (Phi) is 3.79. The molecule has 110 valence electrons. The minimum atomic E-state index is -4.21. The predicted octanol–water partition coefficient (Wildman–Crippen LogP) is 1.44. The van der Waals surface area contributed by atoms with Crippen LogP contribution in [0.2, 0.25) is 0 Å². The van der Waals surface area contributed by atoms with Crippen molar-refractivity contribution in [1.82, 2.24) is 4.90 Å². The smallest absolute Gasteiger partial charge is 0.401 e. The van der Waals surface area contributed by atoms with Crippen LogP contribution in [0, 0.1) is 0 Å². The molecule has 0 bridgehead atoms. The number of methoxy groups -OCH3 is 1. The average molecular weight is 280 g/mol. The molecule has 0 aromatic rings. The maximum Gasteiger partial charge on any atom is 0.401 e. The predicted molar refractivity (Wildman–Crippen MR) is 62.4 cm³/mol. The summed E-state index contributed by atoms with van der Waals surface area (Å²) in [5.74, 6) is -0.530. The van der Waals surface area contributed by atoms with E-state index < -0.39 is 24.2 Å². The number of carbonyl (C=O) groups excluding carboxylic acids is 1. The summed E-state index contributed by atoms with van der Waals surface area (Å²) in [5.41, 5.74) is 4.82. The van der Waals surface area contributed by atoms with Gasteiger partial charge in [-0.1, -0.05) is 0 Å². The fourth-order valence-corrected chi connectivity index (χ4v) is 2.89. The number of nitrogens with zero attached hydrogens (tertiary/aromatic N) is 1. The van der Waals surface area contributed by atoms with E-state index in [0.717, 1.165) is 12.8 Å². The molecule has 0 aromatic heterocycles. The van der Waals surface area contributed by atoms with Gasteiger partial charge in [0, 0.05) is 12.1 Å². The van der Waals surface area contributed by atoms with Gasteiger partial charge in [0.05, 0.1) is 13.7 Å². The lowest BCUT2D eigenvalue weighted by Crippen LogP contribution is -2.49. The molecule has 2 aliphatic rings. The molecule has 7 heteroatoms. The molecule has 2 atom stereocenters. The summed E-state index contributed by atoms with van der Waals surface area (Å²) in [6.45, 7) is -0.917. The third-order valence-corrected chi connectivity index (χ3v) is 3.96. The summed E-state index contributed by atoms with van der Waals surface area (Å²) < 4.78 is 42.4. The molecule has 2 rings (SSSR count). The van der Waals surface area contributed by atoms with Crippen LogP contribution in [0.15, 0.2) is 0 Å². The molecule has 0 amide bonds. The van der Waals surface area contributed by atoms with Gasteiger partial charge in [-0.05, 0) is 32.1 Å². The number of hydrogen-bond acceptors (Lipinski definition) is 4. The van der Waals surface area contributed by atoms with Crippen LogP contribution in [0.3, 0.4) is 0 Å². The average Bonchev–Trinajstić information content (AvgIpc) is 3.07. The van der Waals surface area contributed by atoms with E-state index in [2.05, 4.69) is 4.74 Å². The molecule has 2 saturated carbocycles. The largest absolute Gasteiger partial charge is 0.468 e.